The van der Waals surface area contributed by atoms with Crippen LogP contribution in [0.15, 0.2) is 170 Å². The number of aryl methyl sites for hydroxylation is 1. The molecule has 0 aliphatic heterocycles. The van der Waals surface area contributed by atoms with E-state index in [1.54, 1.807) is 7.11 Å². The second-order valence-corrected chi connectivity index (χ2v) is 12.2. The highest BCUT2D eigenvalue weighted by Gasteiger charge is 2.45. The molecule has 47 heavy (non-hydrogen) atoms. The largest absolute Gasteiger partial charge is 0.497 e. The Morgan fingerprint density at radius 3 is 1.19 bits per heavy atom. The highest BCUT2D eigenvalue weighted by atomic mass is 16.5. The van der Waals surface area contributed by atoms with Gasteiger partial charge >= 0.3 is 0 Å². The zero-order valence-electron chi connectivity index (χ0n) is 26.5. The SMILES string of the molecule is COc1ccc(C2(c3ccc(Oc4ccc(-c5ccc(-c6ccc(C)cc6)cc5)cc4)cc3)c3ccccc3-c3ccccc32)cc1. The molecule has 0 fully saturated rings. The standard InChI is InChI=1S/C45H34O2/c1-31-11-13-32(14-12-31)33-15-17-34(18-16-33)35-19-25-39(26-20-35)47-40-29-23-37(24-30-40)45(36-21-27-38(46-2)28-22-36)43-9-5-3-7-41(43)42-8-4-6-10-44(42)45/h3-30H,1-2H3. The lowest BCUT2D eigenvalue weighted by Gasteiger charge is -2.34. The Morgan fingerprint density at radius 2 is 0.745 bits per heavy atom. The third-order valence-corrected chi connectivity index (χ3v) is 9.46. The molecule has 0 amide bonds. The van der Waals surface area contributed by atoms with Crippen molar-refractivity contribution in [1.82, 2.24) is 0 Å². The van der Waals surface area contributed by atoms with Crippen molar-refractivity contribution in [3.8, 4) is 50.6 Å². The summed E-state index contributed by atoms with van der Waals surface area (Å²) >= 11 is 0. The number of hydrogen-bond donors (Lipinski definition) is 0. The summed E-state index contributed by atoms with van der Waals surface area (Å²) in [6, 6.07) is 60.3. The number of ether oxygens (including phenoxy) is 2. The molecule has 0 saturated carbocycles. The van der Waals surface area contributed by atoms with Gasteiger partial charge in [-0.05, 0) is 99.0 Å². The van der Waals surface area contributed by atoms with Crippen LogP contribution in [0.3, 0.4) is 0 Å². The highest BCUT2D eigenvalue weighted by molar-refractivity contribution is 5.86. The molecule has 0 atom stereocenters. The van der Waals surface area contributed by atoms with Crippen LogP contribution in [0.4, 0.5) is 0 Å². The Kier molecular flexibility index (Phi) is 7.19. The summed E-state index contributed by atoms with van der Waals surface area (Å²) in [5.41, 5.74) is 13.1. The molecule has 226 valence electrons. The lowest BCUT2D eigenvalue weighted by molar-refractivity contribution is 0.414. The van der Waals surface area contributed by atoms with Crippen molar-refractivity contribution in [3.63, 3.8) is 0 Å². The molecule has 2 heteroatoms. The van der Waals surface area contributed by atoms with Gasteiger partial charge in [-0.25, -0.2) is 0 Å². The van der Waals surface area contributed by atoms with Crippen molar-refractivity contribution in [2.75, 3.05) is 7.11 Å². The second kappa shape index (κ2) is 11.8. The Labute approximate surface area is 276 Å². The zero-order chi connectivity index (χ0) is 31.8. The first-order chi connectivity index (χ1) is 23.1. The summed E-state index contributed by atoms with van der Waals surface area (Å²) in [4.78, 5) is 0. The molecular weight excluding hydrogens is 572 g/mol. The van der Waals surface area contributed by atoms with Crippen molar-refractivity contribution >= 4 is 0 Å². The molecule has 0 unspecified atom stereocenters. The predicted octanol–water partition coefficient (Wildman–Crippen LogP) is 11.5. The first-order valence-electron chi connectivity index (χ1n) is 16.0. The molecule has 0 N–H and O–H groups in total. The van der Waals surface area contributed by atoms with Crippen LogP contribution in [0, 0.1) is 6.92 Å². The van der Waals surface area contributed by atoms with E-state index in [-0.39, 0.29) is 0 Å². The first kappa shape index (κ1) is 28.6. The first-order valence-corrected chi connectivity index (χ1v) is 16.0. The third-order valence-electron chi connectivity index (χ3n) is 9.46. The fraction of sp³-hybridized carbons (Fsp3) is 0.0667. The Hall–Kier alpha value is -5.86. The van der Waals surface area contributed by atoms with Gasteiger partial charge in [0.15, 0.2) is 0 Å². The number of rotatable bonds is 7. The Bertz CT molecular complexity index is 2110. The molecule has 2 nitrogen and oxygen atoms in total. The van der Waals surface area contributed by atoms with E-state index in [9.17, 15) is 0 Å². The van der Waals surface area contributed by atoms with E-state index in [0.29, 0.717) is 0 Å². The van der Waals surface area contributed by atoms with Gasteiger partial charge in [0.2, 0.25) is 0 Å². The van der Waals surface area contributed by atoms with Crippen LogP contribution in [-0.4, -0.2) is 7.11 Å². The number of benzene rings is 7. The molecular formula is C45H34O2. The maximum Gasteiger partial charge on any atom is 0.127 e. The highest BCUT2D eigenvalue weighted by Crippen LogP contribution is 2.56. The average Bonchev–Trinajstić information content (AvgIpc) is 3.44. The maximum atomic E-state index is 6.36. The topological polar surface area (TPSA) is 18.5 Å². The Balaban J connectivity index is 1.09. The van der Waals surface area contributed by atoms with Gasteiger partial charge in [-0.2, -0.15) is 0 Å². The molecule has 7 aromatic rings. The lowest BCUT2D eigenvalue weighted by atomic mass is 9.68. The van der Waals surface area contributed by atoms with Gasteiger partial charge in [-0.3, -0.25) is 0 Å². The Morgan fingerprint density at radius 1 is 0.383 bits per heavy atom. The van der Waals surface area contributed by atoms with Crippen LogP contribution in [0.2, 0.25) is 0 Å². The van der Waals surface area contributed by atoms with Gasteiger partial charge in [0.1, 0.15) is 17.2 Å². The van der Waals surface area contributed by atoms with Crippen LogP contribution < -0.4 is 9.47 Å². The molecule has 0 saturated heterocycles. The minimum Gasteiger partial charge on any atom is -0.497 e. The van der Waals surface area contributed by atoms with Crippen molar-refractivity contribution in [1.29, 1.82) is 0 Å². The molecule has 7 aromatic carbocycles. The molecule has 0 spiro atoms. The molecule has 0 aromatic heterocycles. The van der Waals surface area contributed by atoms with Crippen LogP contribution >= 0.6 is 0 Å². The average molecular weight is 607 g/mol. The fourth-order valence-electron chi connectivity index (χ4n) is 7.09. The molecule has 0 heterocycles. The normalized spacial score (nSPS) is 12.6. The summed E-state index contributed by atoms with van der Waals surface area (Å²) in [5, 5.41) is 0. The molecule has 1 aliphatic carbocycles. The van der Waals surface area contributed by atoms with E-state index in [1.807, 2.05) is 12.1 Å². The van der Waals surface area contributed by atoms with E-state index >= 15 is 0 Å². The summed E-state index contributed by atoms with van der Waals surface area (Å²) in [6.45, 7) is 2.11. The summed E-state index contributed by atoms with van der Waals surface area (Å²) < 4.78 is 11.9. The van der Waals surface area contributed by atoms with Crippen molar-refractivity contribution < 1.29 is 9.47 Å². The fourth-order valence-corrected chi connectivity index (χ4v) is 7.09. The van der Waals surface area contributed by atoms with Crippen LogP contribution in [0.25, 0.3) is 33.4 Å². The monoisotopic (exact) mass is 606 g/mol. The van der Waals surface area contributed by atoms with Gasteiger partial charge in [0.05, 0.1) is 12.5 Å². The van der Waals surface area contributed by atoms with E-state index in [2.05, 4.69) is 165 Å². The van der Waals surface area contributed by atoms with Crippen LogP contribution in [-0.2, 0) is 5.41 Å². The molecule has 0 radical (unpaired) electrons. The van der Waals surface area contributed by atoms with Crippen molar-refractivity contribution in [2.24, 2.45) is 0 Å². The lowest BCUT2D eigenvalue weighted by Crippen LogP contribution is -2.28. The minimum atomic E-state index is -0.464. The third kappa shape index (κ3) is 4.99. The second-order valence-electron chi connectivity index (χ2n) is 12.2. The smallest absolute Gasteiger partial charge is 0.127 e. The van der Waals surface area contributed by atoms with E-state index < -0.39 is 5.41 Å². The molecule has 8 rings (SSSR count). The summed E-state index contributed by atoms with van der Waals surface area (Å²) in [6.07, 6.45) is 0. The van der Waals surface area contributed by atoms with E-state index in [1.165, 1.54) is 55.6 Å². The quantitative estimate of drug-likeness (QED) is 0.180. The summed E-state index contributed by atoms with van der Waals surface area (Å²) in [7, 11) is 1.71. The number of hydrogen-bond acceptors (Lipinski definition) is 2. The molecule has 0 bridgehead atoms. The van der Waals surface area contributed by atoms with Crippen molar-refractivity contribution in [3.05, 3.63) is 198 Å². The van der Waals surface area contributed by atoms with Gasteiger partial charge in [-0.1, -0.05) is 139 Å². The maximum absolute atomic E-state index is 6.36. The predicted molar refractivity (Wildman–Crippen MR) is 192 cm³/mol. The zero-order valence-corrected chi connectivity index (χ0v) is 26.5. The van der Waals surface area contributed by atoms with E-state index in [4.69, 9.17) is 9.47 Å². The van der Waals surface area contributed by atoms with E-state index in [0.717, 1.165) is 22.8 Å². The van der Waals surface area contributed by atoms with Crippen LogP contribution in [0.5, 0.6) is 17.2 Å². The van der Waals surface area contributed by atoms with Gasteiger partial charge in [-0.15, -0.1) is 0 Å². The minimum absolute atomic E-state index is 0.464. The van der Waals surface area contributed by atoms with Gasteiger partial charge in [0, 0.05) is 0 Å². The number of fused-ring (bicyclic) bond motifs is 3. The summed E-state index contributed by atoms with van der Waals surface area (Å²) in [5.74, 6) is 2.45. The van der Waals surface area contributed by atoms with Gasteiger partial charge < -0.3 is 9.47 Å². The van der Waals surface area contributed by atoms with Gasteiger partial charge in [0.25, 0.3) is 0 Å². The van der Waals surface area contributed by atoms with Crippen LogP contribution in [0.1, 0.15) is 27.8 Å². The van der Waals surface area contributed by atoms with Crippen molar-refractivity contribution in [2.45, 2.75) is 12.3 Å². The molecule has 1 aliphatic rings. The number of methoxy groups -OCH3 is 1.